The van der Waals surface area contributed by atoms with Gasteiger partial charge in [0.25, 0.3) is 5.91 Å². The van der Waals surface area contributed by atoms with Crippen molar-refractivity contribution >= 4 is 33.3 Å². The van der Waals surface area contributed by atoms with Crippen molar-refractivity contribution in [3.8, 4) is 11.5 Å². The highest BCUT2D eigenvalue weighted by Crippen LogP contribution is 2.44. The lowest BCUT2D eigenvalue weighted by molar-refractivity contribution is 0.100. The minimum atomic E-state index is -3.83. The monoisotopic (exact) mass is 408 g/mol. The summed E-state index contributed by atoms with van der Waals surface area (Å²) in [6.45, 7) is 1.82. The van der Waals surface area contributed by atoms with E-state index in [-0.39, 0.29) is 39.3 Å². The quantitative estimate of drug-likeness (QED) is 0.504. The van der Waals surface area contributed by atoms with Crippen LogP contribution in [0.25, 0.3) is 0 Å². The topological polar surface area (TPSA) is 151 Å². The number of nitrogens with two attached hydrogens (primary N) is 3. The van der Waals surface area contributed by atoms with E-state index < -0.39 is 21.7 Å². The Labute approximate surface area is 160 Å². The fourth-order valence-electron chi connectivity index (χ4n) is 2.85. The largest absolute Gasteiger partial charge is 0.454 e. The van der Waals surface area contributed by atoms with Gasteiger partial charge in [-0.05, 0) is 42.3 Å². The zero-order chi connectivity index (χ0) is 19.9. The first-order valence-corrected chi connectivity index (χ1v) is 9.86. The minimum Gasteiger partial charge on any atom is -0.454 e. The fourth-order valence-corrected chi connectivity index (χ4v) is 4.72. The third-order valence-corrected chi connectivity index (χ3v) is 5.96. The maximum absolute atomic E-state index is 13.0. The molecular weight excluding hydrogens is 392 g/mol. The summed E-state index contributed by atoms with van der Waals surface area (Å²) in [5, 5.41) is 0.260. The van der Waals surface area contributed by atoms with Crippen molar-refractivity contribution in [3.05, 3.63) is 51.5 Å². The second kappa shape index (κ2) is 6.84. The molecule has 2 aromatic rings. The van der Waals surface area contributed by atoms with Crippen LogP contribution in [0, 0.1) is 6.92 Å². The SMILES string of the molecule is Cc1cc(C(=O)N=C(N)N)cc2c1Oc1c(Cl)cc(CN)cc1CS2(=O)=O. The number of aryl methyl sites for hydroxylation is 1. The van der Waals surface area contributed by atoms with Gasteiger partial charge in [-0.25, -0.2) is 8.42 Å². The van der Waals surface area contributed by atoms with Gasteiger partial charge >= 0.3 is 0 Å². The smallest absolute Gasteiger partial charge is 0.280 e. The first kappa shape index (κ1) is 19.2. The van der Waals surface area contributed by atoms with Crippen molar-refractivity contribution in [1.82, 2.24) is 0 Å². The van der Waals surface area contributed by atoms with E-state index in [0.717, 1.165) is 0 Å². The summed E-state index contributed by atoms with van der Waals surface area (Å²) in [6.07, 6.45) is 0. The van der Waals surface area contributed by atoms with Crippen molar-refractivity contribution < 1.29 is 17.9 Å². The molecule has 1 heterocycles. The van der Waals surface area contributed by atoms with Gasteiger partial charge in [-0.15, -0.1) is 0 Å². The molecule has 1 amide bonds. The van der Waals surface area contributed by atoms with Crippen LogP contribution in [0.1, 0.15) is 27.0 Å². The molecule has 3 rings (SSSR count). The first-order chi connectivity index (χ1) is 12.6. The van der Waals surface area contributed by atoms with Crippen LogP contribution < -0.4 is 21.9 Å². The van der Waals surface area contributed by atoms with E-state index in [2.05, 4.69) is 4.99 Å². The van der Waals surface area contributed by atoms with Crippen molar-refractivity contribution in [2.75, 3.05) is 0 Å². The normalized spacial score (nSPS) is 14.3. The maximum Gasteiger partial charge on any atom is 0.280 e. The van der Waals surface area contributed by atoms with Crippen LogP contribution in [-0.2, 0) is 22.1 Å². The van der Waals surface area contributed by atoms with E-state index in [1.165, 1.54) is 12.1 Å². The van der Waals surface area contributed by atoms with Gasteiger partial charge < -0.3 is 21.9 Å². The van der Waals surface area contributed by atoms with Crippen LogP contribution in [0.5, 0.6) is 11.5 Å². The third kappa shape index (κ3) is 3.61. The predicted molar refractivity (Wildman–Crippen MR) is 102 cm³/mol. The Bertz CT molecular complexity index is 1090. The number of carbonyl (C=O) groups excluding carboxylic acids is 1. The summed E-state index contributed by atoms with van der Waals surface area (Å²) in [4.78, 5) is 15.4. The number of ether oxygens (including phenoxy) is 1. The van der Waals surface area contributed by atoms with Gasteiger partial charge in [-0.1, -0.05) is 11.6 Å². The maximum atomic E-state index is 13.0. The van der Waals surface area contributed by atoms with E-state index in [0.29, 0.717) is 16.7 Å². The van der Waals surface area contributed by atoms with E-state index in [1.54, 1.807) is 19.1 Å². The predicted octanol–water partition coefficient (Wildman–Crippen LogP) is 1.60. The van der Waals surface area contributed by atoms with Gasteiger partial charge in [0.1, 0.15) is 16.4 Å². The number of fused-ring (bicyclic) bond motifs is 2. The number of hydrogen-bond acceptors (Lipinski definition) is 5. The molecule has 8 nitrogen and oxygen atoms in total. The van der Waals surface area contributed by atoms with E-state index in [1.807, 2.05) is 0 Å². The molecule has 0 aromatic heterocycles. The van der Waals surface area contributed by atoms with Crippen molar-refractivity contribution in [1.29, 1.82) is 0 Å². The molecule has 0 fully saturated rings. The summed E-state index contributed by atoms with van der Waals surface area (Å²) >= 11 is 6.27. The molecule has 1 aliphatic rings. The zero-order valence-electron chi connectivity index (χ0n) is 14.3. The molecule has 0 saturated carbocycles. The van der Waals surface area contributed by atoms with Gasteiger partial charge in [0.15, 0.2) is 15.8 Å². The molecule has 6 N–H and O–H groups in total. The molecule has 0 radical (unpaired) electrons. The van der Waals surface area contributed by atoms with Crippen molar-refractivity contribution in [2.45, 2.75) is 24.1 Å². The number of rotatable bonds is 2. The van der Waals surface area contributed by atoms with Gasteiger partial charge in [0.2, 0.25) is 0 Å². The number of benzene rings is 2. The Kier molecular flexibility index (Phi) is 4.85. The zero-order valence-corrected chi connectivity index (χ0v) is 15.9. The fraction of sp³-hybridized carbons (Fsp3) is 0.176. The number of hydrogen-bond donors (Lipinski definition) is 3. The molecule has 27 heavy (non-hydrogen) atoms. The molecule has 0 atom stereocenters. The number of halogens is 1. The summed E-state index contributed by atoms with van der Waals surface area (Å²) < 4.78 is 31.8. The highest BCUT2D eigenvalue weighted by atomic mass is 35.5. The van der Waals surface area contributed by atoms with Gasteiger partial charge in [0, 0.05) is 17.7 Å². The van der Waals surface area contributed by atoms with Gasteiger partial charge in [-0.2, -0.15) is 4.99 Å². The molecule has 0 unspecified atom stereocenters. The summed E-state index contributed by atoms with van der Waals surface area (Å²) in [5.74, 6) is -1.15. The molecule has 0 spiro atoms. The minimum absolute atomic E-state index is 0.0338. The Morgan fingerprint density at radius 2 is 1.93 bits per heavy atom. The van der Waals surface area contributed by atoms with Crippen LogP contribution in [-0.4, -0.2) is 20.3 Å². The lowest BCUT2D eigenvalue weighted by Gasteiger charge is -2.13. The van der Waals surface area contributed by atoms with E-state index in [9.17, 15) is 13.2 Å². The lowest BCUT2D eigenvalue weighted by atomic mass is 10.1. The molecule has 2 aromatic carbocycles. The number of carbonyl (C=O) groups is 1. The standard InChI is InChI=1S/C17H17ClN4O4S/c1-8-2-10(16(23)22-17(20)21)5-13-14(8)26-15-11(7-27(13,24)25)3-9(6-19)4-12(15)18/h2-5H,6-7,19H2,1H3,(H4,20,21,22,23). The molecule has 0 aliphatic carbocycles. The Balaban J connectivity index is 2.22. The number of amides is 1. The lowest BCUT2D eigenvalue weighted by Crippen LogP contribution is -2.24. The van der Waals surface area contributed by atoms with Gasteiger partial charge in [0.05, 0.1) is 10.8 Å². The van der Waals surface area contributed by atoms with E-state index >= 15 is 0 Å². The number of aliphatic imine (C=N–C) groups is 1. The molecule has 142 valence electrons. The number of guanidine groups is 1. The van der Waals surface area contributed by atoms with Crippen LogP contribution in [0.15, 0.2) is 34.2 Å². The van der Waals surface area contributed by atoms with Crippen molar-refractivity contribution in [2.24, 2.45) is 22.2 Å². The summed E-state index contributed by atoms with van der Waals surface area (Å²) in [5.41, 5.74) is 17.6. The number of sulfone groups is 1. The highest BCUT2D eigenvalue weighted by molar-refractivity contribution is 7.90. The van der Waals surface area contributed by atoms with Crippen LogP contribution in [0.4, 0.5) is 0 Å². The van der Waals surface area contributed by atoms with Crippen LogP contribution >= 0.6 is 11.6 Å². The van der Waals surface area contributed by atoms with Gasteiger partial charge in [-0.3, -0.25) is 4.79 Å². The Hall–Kier alpha value is -2.62. The van der Waals surface area contributed by atoms with Crippen molar-refractivity contribution in [3.63, 3.8) is 0 Å². The Morgan fingerprint density at radius 3 is 2.56 bits per heavy atom. The molecule has 0 saturated heterocycles. The average Bonchev–Trinajstić information content (AvgIpc) is 2.68. The third-order valence-electron chi connectivity index (χ3n) is 4.02. The van der Waals surface area contributed by atoms with Crippen LogP contribution in [0.2, 0.25) is 5.02 Å². The summed E-state index contributed by atoms with van der Waals surface area (Å²) in [6, 6.07) is 5.93. The highest BCUT2D eigenvalue weighted by Gasteiger charge is 2.31. The Morgan fingerprint density at radius 1 is 1.22 bits per heavy atom. The van der Waals surface area contributed by atoms with E-state index in [4.69, 9.17) is 33.5 Å². The van der Waals surface area contributed by atoms with Crippen LogP contribution in [0.3, 0.4) is 0 Å². The average molecular weight is 409 g/mol. The molecular formula is C17H17ClN4O4S. The molecule has 0 bridgehead atoms. The second-order valence-corrected chi connectivity index (χ2v) is 8.46. The first-order valence-electron chi connectivity index (χ1n) is 7.83. The molecule has 1 aliphatic heterocycles. The molecule has 10 heteroatoms. The number of nitrogens with zero attached hydrogens (tertiary/aromatic N) is 1. The summed E-state index contributed by atoms with van der Waals surface area (Å²) in [7, 11) is -3.83. The second-order valence-electron chi connectivity index (χ2n) is 6.09.